The van der Waals surface area contributed by atoms with Crippen LogP contribution in [0.2, 0.25) is 0 Å². The summed E-state index contributed by atoms with van der Waals surface area (Å²) in [6, 6.07) is 2.26. The molecule has 128 valence electrons. The first-order valence-corrected chi connectivity index (χ1v) is 8.94. The molecule has 1 aliphatic carbocycles. The van der Waals surface area contributed by atoms with Gasteiger partial charge in [0.2, 0.25) is 0 Å². The van der Waals surface area contributed by atoms with Crippen LogP contribution >= 0.6 is 0 Å². The Kier molecular flexibility index (Phi) is 5.91. The average molecular weight is 316 g/mol. The van der Waals surface area contributed by atoms with Gasteiger partial charge < -0.3 is 10.2 Å². The lowest BCUT2D eigenvalue weighted by atomic mass is 9.70. The molecular weight excluding hydrogens is 284 g/mol. The second kappa shape index (κ2) is 7.53. The number of phenols is 1. The van der Waals surface area contributed by atoms with E-state index in [2.05, 4.69) is 39.8 Å². The third kappa shape index (κ3) is 3.80. The fourth-order valence-electron chi connectivity index (χ4n) is 3.99. The van der Waals surface area contributed by atoms with Crippen LogP contribution in [0.1, 0.15) is 80.5 Å². The number of phenolic OH excluding ortho intramolecular Hbond substituents is 1. The molecule has 0 unspecified atom stereocenters. The molecule has 1 aromatic carbocycles. The number of aliphatic hydroxyl groups excluding tert-OH is 1. The Morgan fingerprint density at radius 3 is 2.61 bits per heavy atom. The van der Waals surface area contributed by atoms with E-state index in [1.54, 1.807) is 0 Å². The molecule has 0 fully saturated rings. The maximum absolute atomic E-state index is 10.6. The summed E-state index contributed by atoms with van der Waals surface area (Å²) in [4.78, 5) is 0. The molecule has 0 aromatic heterocycles. The fraction of sp³-hybridized carbons (Fsp3) is 0.619. The lowest BCUT2D eigenvalue weighted by Gasteiger charge is -2.35. The summed E-state index contributed by atoms with van der Waals surface area (Å²) in [7, 11) is 0. The van der Waals surface area contributed by atoms with Gasteiger partial charge >= 0.3 is 0 Å². The van der Waals surface area contributed by atoms with Crippen LogP contribution in [0.15, 0.2) is 17.7 Å². The Morgan fingerprint density at radius 2 is 2.00 bits per heavy atom. The van der Waals surface area contributed by atoms with Gasteiger partial charge in [0, 0.05) is 12.2 Å². The van der Waals surface area contributed by atoms with Gasteiger partial charge in [0.05, 0.1) is 0 Å². The third-order valence-corrected chi connectivity index (χ3v) is 5.58. The van der Waals surface area contributed by atoms with Crippen molar-refractivity contribution in [3.8, 4) is 5.75 Å². The van der Waals surface area contributed by atoms with Crippen LogP contribution in [0.4, 0.5) is 0 Å². The van der Waals surface area contributed by atoms with Gasteiger partial charge in [0.25, 0.3) is 0 Å². The SMILES string of the molecule is CC(C)=CCC[C@H](CO)[C@@H]1CC[C@@H](C)c2c1cc(C)c(C)c2O. The van der Waals surface area contributed by atoms with E-state index in [0.29, 0.717) is 17.6 Å². The highest BCUT2D eigenvalue weighted by Gasteiger charge is 2.32. The topological polar surface area (TPSA) is 40.5 Å². The maximum Gasteiger partial charge on any atom is 0.122 e. The molecule has 0 saturated carbocycles. The van der Waals surface area contributed by atoms with Crippen molar-refractivity contribution >= 4 is 0 Å². The summed E-state index contributed by atoms with van der Waals surface area (Å²) in [6.45, 7) is 10.7. The van der Waals surface area contributed by atoms with Crippen molar-refractivity contribution in [1.82, 2.24) is 0 Å². The molecular formula is C21H32O2. The van der Waals surface area contributed by atoms with Crippen LogP contribution in [-0.4, -0.2) is 16.8 Å². The first kappa shape index (κ1) is 18.1. The molecule has 1 aromatic rings. The summed E-state index contributed by atoms with van der Waals surface area (Å²) in [5.74, 6) is 1.52. The standard InChI is InChI=1S/C21H32O2/c1-13(2)7-6-8-17(12-22)18-10-9-14(3)20-19(18)11-15(4)16(5)21(20)23/h7,11,14,17-18,22-23H,6,8-10,12H2,1-5H3/t14-,17-,18+/m1/s1. The van der Waals surface area contributed by atoms with Crippen LogP contribution < -0.4 is 0 Å². The van der Waals surface area contributed by atoms with Crippen molar-refractivity contribution in [1.29, 1.82) is 0 Å². The van der Waals surface area contributed by atoms with Crippen molar-refractivity contribution in [2.75, 3.05) is 6.61 Å². The molecule has 2 N–H and O–H groups in total. The first-order chi connectivity index (χ1) is 10.9. The van der Waals surface area contributed by atoms with Gasteiger partial charge in [0.1, 0.15) is 5.75 Å². The number of benzene rings is 1. The number of rotatable bonds is 5. The number of fused-ring (bicyclic) bond motifs is 1. The van der Waals surface area contributed by atoms with Crippen LogP contribution in [0.25, 0.3) is 0 Å². The van der Waals surface area contributed by atoms with Crippen molar-refractivity contribution in [3.63, 3.8) is 0 Å². The van der Waals surface area contributed by atoms with E-state index in [9.17, 15) is 10.2 Å². The number of allylic oxidation sites excluding steroid dienone is 2. The molecule has 3 atom stereocenters. The smallest absolute Gasteiger partial charge is 0.122 e. The monoisotopic (exact) mass is 316 g/mol. The van der Waals surface area contributed by atoms with Crippen LogP contribution in [-0.2, 0) is 0 Å². The van der Waals surface area contributed by atoms with E-state index in [-0.39, 0.29) is 12.5 Å². The zero-order chi connectivity index (χ0) is 17.1. The van der Waals surface area contributed by atoms with E-state index < -0.39 is 0 Å². The molecule has 0 saturated heterocycles. The van der Waals surface area contributed by atoms with Gasteiger partial charge in [-0.05, 0) is 87.8 Å². The summed E-state index contributed by atoms with van der Waals surface area (Å²) in [5, 5.41) is 20.6. The molecule has 0 amide bonds. The lowest BCUT2D eigenvalue weighted by molar-refractivity contribution is 0.185. The zero-order valence-electron chi connectivity index (χ0n) is 15.3. The van der Waals surface area contributed by atoms with Gasteiger partial charge in [-0.25, -0.2) is 0 Å². The Labute approximate surface area is 141 Å². The van der Waals surface area contributed by atoms with Crippen molar-refractivity contribution in [2.24, 2.45) is 5.92 Å². The summed E-state index contributed by atoms with van der Waals surface area (Å²) in [6.07, 6.45) is 6.48. The van der Waals surface area contributed by atoms with Gasteiger partial charge in [-0.15, -0.1) is 0 Å². The molecule has 23 heavy (non-hydrogen) atoms. The minimum atomic E-state index is 0.225. The highest BCUT2D eigenvalue weighted by Crippen LogP contribution is 2.48. The summed E-state index contributed by atoms with van der Waals surface area (Å²) in [5.41, 5.74) is 5.90. The number of hydrogen-bond acceptors (Lipinski definition) is 2. The minimum Gasteiger partial charge on any atom is -0.507 e. The Hall–Kier alpha value is -1.28. The summed E-state index contributed by atoms with van der Waals surface area (Å²) >= 11 is 0. The number of hydrogen-bond donors (Lipinski definition) is 2. The second-order valence-electron chi connectivity index (χ2n) is 7.56. The highest BCUT2D eigenvalue weighted by atomic mass is 16.3. The zero-order valence-corrected chi connectivity index (χ0v) is 15.3. The van der Waals surface area contributed by atoms with Crippen LogP contribution in [0.3, 0.4) is 0 Å². The highest BCUT2D eigenvalue weighted by molar-refractivity contribution is 5.53. The van der Waals surface area contributed by atoms with Gasteiger partial charge in [-0.1, -0.05) is 24.6 Å². The lowest BCUT2D eigenvalue weighted by Crippen LogP contribution is -2.23. The van der Waals surface area contributed by atoms with Gasteiger partial charge in [-0.2, -0.15) is 0 Å². The van der Waals surface area contributed by atoms with Crippen LogP contribution in [0, 0.1) is 19.8 Å². The third-order valence-electron chi connectivity index (χ3n) is 5.58. The molecule has 2 nitrogen and oxygen atoms in total. The summed E-state index contributed by atoms with van der Waals surface area (Å²) < 4.78 is 0. The van der Waals surface area contributed by atoms with Crippen molar-refractivity contribution in [2.45, 2.75) is 72.1 Å². The van der Waals surface area contributed by atoms with Crippen LogP contribution in [0.5, 0.6) is 5.75 Å². The average Bonchev–Trinajstić information content (AvgIpc) is 2.50. The molecule has 2 rings (SSSR count). The molecule has 0 heterocycles. The molecule has 0 aliphatic heterocycles. The van der Waals surface area contributed by atoms with E-state index >= 15 is 0 Å². The Morgan fingerprint density at radius 1 is 1.30 bits per heavy atom. The first-order valence-electron chi connectivity index (χ1n) is 8.94. The van der Waals surface area contributed by atoms with E-state index in [1.165, 1.54) is 11.1 Å². The predicted octanol–water partition coefficient (Wildman–Crippen LogP) is 5.34. The number of aromatic hydroxyl groups is 1. The number of aryl methyl sites for hydroxylation is 1. The van der Waals surface area contributed by atoms with Crippen molar-refractivity contribution in [3.05, 3.63) is 40.0 Å². The Bertz CT molecular complexity index is 582. The molecule has 1 aliphatic rings. The quantitative estimate of drug-likeness (QED) is 0.719. The van der Waals surface area contributed by atoms with Gasteiger partial charge in [-0.3, -0.25) is 0 Å². The van der Waals surface area contributed by atoms with E-state index in [1.807, 2.05) is 6.92 Å². The molecule has 2 heteroatoms. The molecule has 0 bridgehead atoms. The van der Waals surface area contributed by atoms with Crippen molar-refractivity contribution < 1.29 is 10.2 Å². The molecule has 0 radical (unpaired) electrons. The normalized spacial score (nSPS) is 21.7. The maximum atomic E-state index is 10.6. The van der Waals surface area contributed by atoms with E-state index in [4.69, 9.17) is 0 Å². The van der Waals surface area contributed by atoms with Gasteiger partial charge in [0.15, 0.2) is 0 Å². The van der Waals surface area contributed by atoms with E-state index in [0.717, 1.165) is 42.4 Å². The molecule has 0 spiro atoms. The fourth-order valence-corrected chi connectivity index (χ4v) is 3.99. The number of aliphatic hydroxyl groups is 1. The predicted molar refractivity (Wildman–Crippen MR) is 97.2 cm³/mol. The Balaban J connectivity index is 2.35. The largest absolute Gasteiger partial charge is 0.507 e. The second-order valence-corrected chi connectivity index (χ2v) is 7.56. The minimum absolute atomic E-state index is 0.225.